The maximum atomic E-state index is 11.9. The van der Waals surface area contributed by atoms with Crippen LogP contribution in [0.2, 0.25) is 0 Å². The first-order valence-electron chi connectivity index (χ1n) is 11.7. The molecule has 1 amide bonds. The highest BCUT2D eigenvalue weighted by molar-refractivity contribution is 6.58. The molecule has 3 heterocycles. The van der Waals surface area contributed by atoms with Gasteiger partial charge in [0.1, 0.15) is 29.4 Å². The Morgan fingerprint density at radius 3 is 2.68 bits per heavy atom. The van der Waals surface area contributed by atoms with Crippen LogP contribution in [0.15, 0.2) is 60.7 Å². The van der Waals surface area contributed by atoms with E-state index in [0.717, 1.165) is 5.56 Å². The van der Waals surface area contributed by atoms with Gasteiger partial charge in [0.25, 0.3) is 5.91 Å². The molecule has 0 aliphatic rings. The van der Waals surface area contributed by atoms with E-state index >= 15 is 0 Å². The summed E-state index contributed by atoms with van der Waals surface area (Å²) in [6.07, 6.45) is 0. The third-order valence-corrected chi connectivity index (χ3v) is 5.85. The first-order chi connectivity index (χ1) is 18.5. The number of ether oxygens (including phenoxy) is 2. The summed E-state index contributed by atoms with van der Waals surface area (Å²) >= 11 is 0. The molecule has 0 fully saturated rings. The number of carbonyl (C=O) groups excluding carboxylic acids is 1. The third-order valence-electron chi connectivity index (χ3n) is 5.85. The topological polar surface area (TPSA) is 170 Å². The summed E-state index contributed by atoms with van der Waals surface area (Å²) in [5.74, 6) is 0.659. The lowest BCUT2D eigenvalue weighted by atomic mass is 9.80. The van der Waals surface area contributed by atoms with E-state index in [9.17, 15) is 14.8 Å². The summed E-state index contributed by atoms with van der Waals surface area (Å²) in [7, 11) is 0.0248. The number of nitrogens with zero attached hydrogens (tertiary/aromatic N) is 5. The highest BCUT2D eigenvalue weighted by atomic mass is 16.5. The van der Waals surface area contributed by atoms with Crippen LogP contribution in [0.1, 0.15) is 16.1 Å². The van der Waals surface area contributed by atoms with Crippen LogP contribution in [0.4, 0.5) is 5.82 Å². The second-order valence-corrected chi connectivity index (χ2v) is 8.37. The smallest absolute Gasteiger partial charge is 0.488 e. The van der Waals surface area contributed by atoms with Crippen molar-refractivity contribution in [3.05, 3.63) is 71.9 Å². The monoisotopic (exact) mass is 513 g/mol. The lowest BCUT2D eigenvalue weighted by Crippen LogP contribution is -2.30. The molecule has 0 radical (unpaired) electrons. The molecule has 38 heavy (non-hydrogen) atoms. The van der Waals surface area contributed by atoms with Crippen LogP contribution in [0.25, 0.3) is 27.9 Å². The molecule has 3 aromatic heterocycles. The van der Waals surface area contributed by atoms with Crippen molar-refractivity contribution < 1.29 is 24.3 Å². The van der Waals surface area contributed by atoms with Crippen molar-refractivity contribution in [3.63, 3.8) is 0 Å². The Hall–Kier alpha value is -4.59. The maximum absolute atomic E-state index is 11.9. The van der Waals surface area contributed by atoms with Gasteiger partial charge in [-0.2, -0.15) is 0 Å². The van der Waals surface area contributed by atoms with E-state index in [1.807, 2.05) is 18.2 Å². The zero-order chi connectivity index (χ0) is 26.6. The fourth-order valence-corrected chi connectivity index (χ4v) is 4.03. The van der Waals surface area contributed by atoms with Crippen LogP contribution in [-0.4, -0.2) is 68.2 Å². The number of aromatic nitrogens is 5. The normalized spacial score (nSPS) is 11.1. The number of benzene rings is 2. The van der Waals surface area contributed by atoms with Gasteiger partial charge in [0, 0.05) is 19.0 Å². The predicted molar refractivity (Wildman–Crippen MR) is 141 cm³/mol. The van der Waals surface area contributed by atoms with Crippen molar-refractivity contribution in [1.82, 2.24) is 24.8 Å². The van der Waals surface area contributed by atoms with Crippen molar-refractivity contribution in [2.45, 2.75) is 6.54 Å². The van der Waals surface area contributed by atoms with Gasteiger partial charge in [-0.3, -0.25) is 4.79 Å². The largest absolute Gasteiger partial charge is 0.489 e. The van der Waals surface area contributed by atoms with Gasteiger partial charge in [0.2, 0.25) is 0 Å². The Labute approximate surface area is 217 Å². The van der Waals surface area contributed by atoms with Crippen molar-refractivity contribution in [1.29, 1.82) is 0 Å². The highest BCUT2D eigenvalue weighted by Gasteiger charge is 2.19. The zero-order valence-electron chi connectivity index (χ0n) is 20.4. The summed E-state index contributed by atoms with van der Waals surface area (Å²) in [5, 5.41) is 31.4. The van der Waals surface area contributed by atoms with Crippen LogP contribution in [-0.2, 0) is 11.3 Å². The molecule has 0 aliphatic heterocycles. The predicted octanol–water partition coefficient (Wildman–Crippen LogP) is 0.755. The number of nitrogens with one attached hydrogen (secondary N) is 1. The van der Waals surface area contributed by atoms with Crippen LogP contribution < -0.4 is 21.3 Å². The molecule has 2 aromatic carbocycles. The van der Waals surface area contributed by atoms with E-state index in [4.69, 9.17) is 25.2 Å². The van der Waals surface area contributed by atoms with E-state index in [1.54, 1.807) is 49.6 Å². The Morgan fingerprint density at radius 1 is 1.08 bits per heavy atom. The number of anilines is 1. The number of para-hydroxylation sites is 1. The van der Waals surface area contributed by atoms with Gasteiger partial charge in [-0.05, 0) is 35.3 Å². The minimum Gasteiger partial charge on any atom is -0.489 e. The van der Waals surface area contributed by atoms with E-state index in [-0.39, 0.29) is 11.5 Å². The van der Waals surface area contributed by atoms with Gasteiger partial charge in [0.15, 0.2) is 11.5 Å². The fraction of sp³-hybridized carbons (Fsp3) is 0.160. The van der Waals surface area contributed by atoms with Crippen LogP contribution in [0.3, 0.4) is 0 Å². The number of nitrogens with two attached hydrogens (primary N) is 1. The average molecular weight is 513 g/mol. The number of hydrogen-bond donors (Lipinski definition) is 4. The number of carbonyl (C=O) groups is 1. The Kier molecular flexibility index (Phi) is 7.13. The maximum Gasteiger partial charge on any atom is 0.488 e. The minimum atomic E-state index is -1.57. The molecule has 0 aliphatic carbocycles. The van der Waals surface area contributed by atoms with Gasteiger partial charge in [-0.25, -0.2) is 14.5 Å². The number of pyridine rings is 1. The summed E-state index contributed by atoms with van der Waals surface area (Å²) in [5.41, 5.74) is 8.28. The summed E-state index contributed by atoms with van der Waals surface area (Å²) in [6, 6.07) is 17.4. The molecule has 0 bridgehead atoms. The Bertz CT molecular complexity index is 1630. The molecule has 0 spiro atoms. The second kappa shape index (κ2) is 10.8. The van der Waals surface area contributed by atoms with Gasteiger partial charge in [0.05, 0.1) is 12.1 Å². The van der Waals surface area contributed by atoms with Crippen molar-refractivity contribution >= 4 is 40.7 Å². The van der Waals surface area contributed by atoms with Gasteiger partial charge < -0.3 is 30.6 Å². The molecule has 13 heteroatoms. The van der Waals surface area contributed by atoms with E-state index in [2.05, 4.69) is 15.6 Å². The van der Waals surface area contributed by atoms with Gasteiger partial charge in [-0.15, -0.1) is 5.10 Å². The number of methoxy groups -OCH3 is 1. The van der Waals surface area contributed by atoms with Crippen molar-refractivity contribution in [2.24, 2.45) is 5.73 Å². The van der Waals surface area contributed by atoms with E-state index < -0.39 is 13.0 Å². The molecule has 5 N–H and O–H groups in total. The zero-order valence-corrected chi connectivity index (χ0v) is 20.4. The number of hydrogen-bond acceptors (Lipinski definition) is 10. The molecular weight excluding hydrogens is 489 g/mol. The summed E-state index contributed by atoms with van der Waals surface area (Å²) < 4.78 is 12.4. The number of primary amides is 1. The average Bonchev–Trinajstić information content (AvgIpc) is 3.36. The summed E-state index contributed by atoms with van der Waals surface area (Å²) in [6.45, 7) is 1.07. The number of amides is 1. The van der Waals surface area contributed by atoms with Crippen molar-refractivity contribution in [2.75, 3.05) is 25.6 Å². The first-order valence-corrected chi connectivity index (χ1v) is 11.7. The Balaban J connectivity index is 1.61. The van der Waals surface area contributed by atoms with Gasteiger partial charge in [-0.1, -0.05) is 41.6 Å². The molecular formula is C25H24BN7O5. The Morgan fingerprint density at radius 2 is 1.89 bits per heavy atom. The quantitative estimate of drug-likeness (QED) is 0.154. The van der Waals surface area contributed by atoms with Crippen molar-refractivity contribution in [3.8, 4) is 17.3 Å². The SMILES string of the molecule is COCCOc1cccc2c(NCc3cccc(B(O)O)c3)nc(-c3nnn4c(C(N)=O)cccc34)nc12. The first kappa shape index (κ1) is 25.1. The molecule has 0 saturated carbocycles. The fourth-order valence-electron chi connectivity index (χ4n) is 4.03. The minimum absolute atomic E-state index is 0.176. The van der Waals surface area contributed by atoms with E-state index in [0.29, 0.717) is 58.9 Å². The molecule has 0 atom stereocenters. The summed E-state index contributed by atoms with van der Waals surface area (Å²) in [4.78, 5) is 21.4. The number of rotatable bonds is 10. The lowest BCUT2D eigenvalue weighted by molar-refractivity contribution is 0.0993. The third kappa shape index (κ3) is 4.98. The van der Waals surface area contributed by atoms with Crippen LogP contribution >= 0.6 is 0 Å². The molecule has 12 nitrogen and oxygen atoms in total. The van der Waals surface area contributed by atoms with E-state index in [1.165, 1.54) is 4.52 Å². The highest BCUT2D eigenvalue weighted by Crippen LogP contribution is 2.32. The molecule has 0 saturated heterocycles. The van der Waals surface area contributed by atoms with Crippen LogP contribution in [0, 0.1) is 0 Å². The standard InChI is InChI=1S/C25H24BN7O5/c1-37-11-12-38-20-10-3-7-17-21(20)29-25(22-18-8-4-9-19(23(27)34)33(18)32-31-22)30-24(17)28-14-15-5-2-6-16(13-15)26(35)36/h2-10,13,35-36H,11-12,14H2,1H3,(H2,27,34)(H,28,29,30). The van der Waals surface area contributed by atoms with Crippen LogP contribution in [0.5, 0.6) is 5.75 Å². The number of fused-ring (bicyclic) bond motifs is 2. The second-order valence-electron chi connectivity index (χ2n) is 8.37. The molecule has 5 aromatic rings. The molecule has 192 valence electrons. The molecule has 0 unspecified atom stereocenters. The lowest BCUT2D eigenvalue weighted by Gasteiger charge is -2.14. The molecule has 5 rings (SSSR count). The van der Waals surface area contributed by atoms with Gasteiger partial charge >= 0.3 is 7.12 Å².